The first-order valence-corrected chi connectivity index (χ1v) is 15.8. The topological polar surface area (TPSA) is 42.0 Å². The number of nitrogens with zero attached hydrogens (tertiary/aromatic N) is 2. The molecule has 0 aliphatic carbocycles. The van der Waals surface area contributed by atoms with Crippen molar-refractivity contribution in [2.24, 2.45) is 5.92 Å². The summed E-state index contributed by atoms with van der Waals surface area (Å²) in [5.41, 5.74) is 5.97. The number of carbonyl (C=O) groups excluding carboxylic acids is 1. The van der Waals surface area contributed by atoms with E-state index < -0.39 is 0 Å². The van der Waals surface area contributed by atoms with Gasteiger partial charge in [0, 0.05) is 56.0 Å². The van der Waals surface area contributed by atoms with Gasteiger partial charge in [-0.05, 0) is 68.5 Å². The number of piperidine rings is 1. The molecule has 2 aromatic rings. The van der Waals surface area contributed by atoms with Crippen molar-refractivity contribution in [3.8, 4) is 0 Å². The Balaban J connectivity index is 0.000000377. The molecule has 3 fully saturated rings. The molecule has 3 saturated heterocycles. The number of alkyl halides is 1. The van der Waals surface area contributed by atoms with Crippen LogP contribution in [0.4, 0.5) is 15.8 Å². The molecule has 6 heteroatoms. The highest BCUT2D eigenvalue weighted by molar-refractivity contribution is 5.96. The van der Waals surface area contributed by atoms with Crippen LogP contribution in [-0.4, -0.2) is 58.1 Å². The van der Waals surface area contributed by atoms with Crippen LogP contribution in [0.2, 0.25) is 0 Å². The number of aryl methyl sites for hydroxylation is 2. The lowest BCUT2D eigenvalue weighted by atomic mass is 9.98. The average molecular weight is 573 g/mol. The zero-order chi connectivity index (χ0) is 30.8. The molecule has 0 amide bonds. The Morgan fingerprint density at radius 3 is 1.95 bits per heavy atom. The Kier molecular flexibility index (Phi) is 17.5. The zero-order valence-corrected chi connectivity index (χ0v) is 27.4. The third kappa shape index (κ3) is 11.1. The number of carbonyl (C=O) groups is 1. The summed E-state index contributed by atoms with van der Waals surface area (Å²) in [6.45, 7) is 22.0. The summed E-state index contributed by atoms with van der Waals surface area (Å²) >= 11 is 0. The molecule has 1 spiro atoms. The normalized spacial score (nSPS) is 18.5. The molecule has 5 rings (SSSR count). The van der Waals surface area contributed by atoms with Gasteiger partial charge in [-0.1, -0.05) is 65.7 Å². The Morgan fingerprint density at radius 1 is 0.902 bits per heavy atom. The fourth-order valence-electron chi connectivity index (χ4n) is 5.41. The van der Waals surface area contributed by atoms with Gasteiger partial charge in [0.05, 0.1) is 20.4 Å². The van der Waals surface area contributed by atoms with Gasteiger partial charge in [-0.3, -0.25) is 9.18 Å². The smallest absolute Gasteiger partial charge is 0.171 e. The summed E-state index contributed by atoms with van der Waals surface area (Å²) in [5.74, 6) is 0.684. The van der Waals surface area contributed by atoms with E-state index in [2.05, 4.69) is 67.0 Å². The van der Waals surface area contributed by atoms with Crippen molar-refractivity contribution < 1.29 is 18.7 Å². The summed E-state index contributed by atoms with van der Waals surface area (Å²) in [6.07, 6.45) is 5.16. The average Bonchev–Trinajstić information content (AvgIpc) is 3.66. The maximum Gasteiger partial charge on any atom is 0.171 e. The fourth-order valence-corrected chi connectivity index (χ4v) is 5.41. The van der Waals surface area contributed by atoms with E-state index in [0.29, 0.717) is 20.4 Å². The summed E-state index contributed by atoms with van der Waals surface area (Å²) in [5, 5.41) is 0. The van der Waals surface area contributed by atoms with Gasteiger partial charge in [0.2, 0.25) is 0 Å². The standard InChI is InChI=1S/C18H25NO3.C12H17N.2C2H6.CH3F/c1-3-4-15-13-16(5-6-17(15)14(2)20)19-9-7-18(8-10-19)21-11-12-22-18;1-10-3-5-12(6-4-10)13-8-7-11(2)9-13;3*1-2/h5-6,13H,3-4,7-12H2,1-2H3;3-6,11H,7-9H2,1-2H3;2*1-2H3;1H3. The van der Waals surface area contributed by atoms with E-state index in [1.807, 2.05) is 33.8 Å². The van der Waals surface area contributed by atoms with Crippen LogP contribution in [0.3, 0.4) is 0 Å². The van der Waals surface area contributed by atoms with E-state index in [1.54, 1.807) is 6.92 Å². The molecule has 0 bridgehead atoms. The number of rotatable bonds is 5. The number of anilines is 2. The molecule has 0 radical (unpaired) electrons. The van der Waals surface area contributed by atoms with Crippen molar-refractivity contribution in [3.63, 3.8) is 0 Å². The van der Waals surface area contributed by atoms with Gasteiger partial charge in [-0.15, -0.1) is 0 Å². The van der Waals surface area contributed by atoms with Crippen LogP contribution >= 0.6 is 0 Å². The van der Waals surface area contributed by atoms with Gasteiger partial charge in [0.15, 0.2) is 11.6 Å². The van der Waals surface area contributed by atoms with Gasteiger partial charge in [-0.25, -0.2) is 0 Å². The number of halogens is 1. The van der Waals surface area contributed by atoms with Gasteiger partial charge in [-0.2, -0.15) is 0 Å². The largest absolute Gasteiger partial charge is 0.371 e. The van der Waals surface area contributed by atoms with E-state index in [9.17, 15) is 9.18 Å². The van der Waals surface area contributed by atoms with Crippen molar-refractivity contribution in [1.29, 1.82) is 0 Å². The van der Waals surface area contributed by atoms with Crippen LogP contribution in [0.5, 0.6) is 0 Å². The Morgan fingerprint density at radius 2 is 1.46 bits per heavy atom. The Hall–Kier alpha value is -2.44. The lowest BCUT2D eigenvalue weighted by Crippen LogP contribution is -2.45. The third-order valence-corrected chi connectivity index (χ3v) is 7.51. The van der Waals surface area contributed by atoms with E-state index >= 15 is 0 Å². The second-order valence-electron chi connectivity index (χ2n) is 10.4. The monoisotopic (exact) mass is 572 g/mol. The predicted molar refractivity (Wildman–Crippen MR) is 173 cm³/mol. The lowest BCUT2D eigenvalue weighted by Gasteiger charge is -2.38. The number of hydrogen-bond acceptors (Lipinski definition) is 5. The summed E-state index contributed by atoms with van der Waals surface area (Å²) in [4.78, 5) is 16.6. The molecule has 0 aromatic heterocycles. The first-order valence-electron chi connectivity index (χ1n) is 15.8. The molecular weight excluding hydrogens is 515 g/mol. The highest BCUT2D eigenvalue weighted by Crippen LogP contribution is 2.34. The molecule has 3 heterocycles. The molecule has 41 heavy (non-hydrogen) atoms. The maximum atomic E-state index is 11.8. The summed E-state index contributed by atoms with van der Waals surface area (Å²) < 4.78 is 21.1. The van der Waals surface area contributed by atoms with Crippen LogP contribution < -0.4 is 9.80 Å². The highest BCUT2D eigenvalue weighted by atomic mass is 19.1. The SMILES string of the molecule is CC.CC.CCCc1cc(N2CCC3(CC2)OCCO3)ccc1C(C)=O.CF.Cc1ccc(N2CCC(C)C2)cc1. The molecule has 0 saturated carbocycles. The van der Waals surface area contributed by atoms with E-state index in [4.69, 9.17) is 9.47 Å². The van der Waals surface area contributed by atoms with Crippen LogP contribution in [0, 0.1) is 12.8 Å². The van der Waals surface area contributed by atoms with Gasteiger partial charge in [0.1, 0.15) is 0 Å². The molecule has 2 aromatic carbocycles. The number of ketones is 1. The van der Waals surface area contributed by atoms with Gasteiger partial charge >= 0.3 is 0 Å². The molecule has 1 unspecified atom stereocenters. The zero-order valence-electron chi connectivity index (χ0n) is 27.4. The molecule has 1 atom stereocenters. The van der Waals surface area contributed by atoms with Crippen molar-refractivity contribution in [3.05, 3.63) is 59.2 Å². The maximum absolute atomic E-state index is 11.8. The Bertz CT molecular complexity index is 979. The lowest BCUT2D eigenvalue weighted by molar-refractivity contribution is -0.169. The molecule has 0 N–H and O–H groups in total. The summed E-state index contributed by atoms with van der Waals surface area (Å²) in [7, 11) is 0.500. The molecule has 5 nitrogen and oxygen atoms in total. The number of benzene rings is 2. The third-order valence-electron chi connectivity index (χ3n) is 7.51. The second-order valence-corrected chi connectivity index (χ2v) is 10.4. The fraction of sp³-hybridized carbons (Fsp3) is 0.629. The minimum absolute atomic E-state index is 0.153. The number of hydrogen-bond donors (Lipinski definition) is 0. The predicted octanol–water partition coefficient (Wildman–Crippen LogP) is 8.66. The van der Waals surface area contributed by atoms with Crippen LogP contribution in [0.25, 0.3) is 0 Å². The molecular formula is C35H57FN2O3. The van der Waals surface area contributed by atoms with Crippen molar-refractivity contribution in [1.82, 2.24) is 0 Å². The number of ether oxygens (including phenoxy) is 2. The first kappa shape index (κ1) is 36.6. The number of Topliss-reactive ketones (excluding diaryl/α,β-unsaturated/α-hetero) is 1. The minimum Gasteiger partial charge on any atom is -0.371 e. The Labute approximate surface area is 250 Å². The van der Waals surface area contributed by atoms with Crippen LogP contribution in [0.1, 0.15) is 95.6 Å². The van der Waals surface area contributed by atoms with Crippen LogP contribution in [-0.2, 0) is 15.9 Å². The van der Waals surface area contributed by atoms with E-state index in [-0.39, 0.29) is 11.6 Å². The summed E-state index contributed by atoms with van der Waals surface area (Å²) in [6, 6.07) is 15.1. The van der Waals surface area contributed by atoms with Crippen molar-refractivity contribution in [2.75, 3.05) is 56.4 Å². The van der Waals surface area contributed by atoms with Gasteiger partial charge in [0.25, 0.3) is 0 Å². The van der Waals surface area contributed by atoms with E-state index in [1.165, 1.54) is 42.0 Å². The van der Waals surface area contributed by atoms with Crippen molar-refractivity contribution in [2.45, 2.75) is 93.3 Å². The second kappa shape index (κ2) is 19.6. The molecule has 3 aliphatic rings. The highest BCUT2D eigenvalue weighted by Gasteiger charge is 2.39. The molecule has 232 valence electrons. The minimum atomic E-state index is -0.331. The molecule has 3 aliphatic heterocycles. The quantitative estimate of drug-likeness (QED) is 0.335. The van der Waals surface area contributed by atoms with Gasteiger partial charge < -0.3 is 19.3 Å². The van der Waals surface area contributed by atoms with E-state index in [0.717, 1.165) is 50.3 Å². The van der Waals surface area contributed by atoms with Crippen molar-refractivity contribution >= 4 is 17.2 Å². The van der Waals surface area contributed by atoms with Crippen LogP contribution in [0.15, 0.2) is 42.5 Å². The first-order chi connectivity index (χ1) is 19.9.